The number of nitrogens with two attached hydrogens (primary N) is 1. The number of hydrogen-bond acceptors (Lipinski definition) is 3. The van der Waals surface area contributed by atoms with Crippen LogP contribution in [0.5, 0.6) is 0 Å². The van der Waals surface area contributed by atoms with Gasteiger partial charge in [-0.25, -0.2) is 0 Å². The SMILES string of the molecule is NC1CCCC(O)c2sccc21. The molecule has 12 heavy (non-hydrogen) atoms. The minimum atomic E-state index is -0.270. The summed E-state index contributed by atoms with van der Waals surface area (Å²) in [6.07, 6.45) is 2.62. The van der Waals surface area contributed by atoms with Crippen LogP contribution >= 0.6 is 11.3 Å². The van der Waals surface area contributed by atoms with Crippen LogP contribution in [0.3, 0.4) is 0 Å². The van der Waals surface area contributed by atoms with E-state index in [9.17, 15) is 5.11 Å². The third kappa shape index (κ3) is 1.28. The molecule has 0 aromatic carbocycles. The van der Waals surface area contributed by atoms with Gasteiger partial charge in [-0.2, -0.15) is 0 Å². The van der Waals surface area contributed by atoms with Gasteiger partial charge in [-0.05, 0) is 36.3 Å². The second kappa shape index (κ2) is 3.17. The first-order valence-corrected chi connectivity index (χ1v) is 5.18. The summed E-state index contributed by atoms with van der Waals surface area (Å²) in [7, 11) is 0. The lowest BCUT2D eigenvalue weighted by Gasteiger charge is -2.08. The minimum Gasteiger partial charge on any atom is -0.388 e. The summed E-state index contributed by atoms with van der Waals surface area (Å²) in [4.78, 5) is 1.08. The molecule has 2 rings (SSSR count). The Balaban J connectivity index is 2.39. The molecule has 2 nitrogen and oxygen atoms in total. The highest BCUT2D eigenvalue weighted by atomic mass is 32.1. The number of aliphatic hydroxyl groups excluding tert-OH is 1. The molecule has 0 amide bonds. The van der Waals surface area contributed by atoms with Gasteiger partial charge in [-0.15, -0.1) is 11.3 Å². The van der Waals surface area contributed by atoms with E-state index in [0.29, 0.717) is 0 Å². The van der Waals surface area contributed by atoms with Crippen molar-refractivity contribution in [3.63, 3.8) is 0 Å². The summed E-state index contributed by atoms with van der Waals surface area (Å²) in [5.41, 5.74) is 7.11. The number of rotatable bonds is 0. The summed E-state index contributed by atoms with van der Waals surface area (Å²) in [6, 6.07) is 2.18. The lowest BCUT2D eigenvalue weighted by atomic mass is 10.1. The van der Waals surface area contributed by atoms with E-state index in [1.165, 1.54) is 0 Å². The Morgan fingerprint density at radius 1 is 1.50 bits per heavy atom. The predicted octanol–water partition coefficient (Wildman–Crippen LogP) is 1.97. The fourth-order valence-electron chi connectivity index (χ4n) is 1.73. The first kappa shape index (κ1) is 8.23. The zero-order chi connectivity index (χ0) is 8.55. The molecule has 0 spiro atoms. The molecular weight excluding hydrogens is 170 g/mol. The average molecular weight is 183 g/mol. The Bertz CT molecular complexity index is 247. The number of thiophene rings is 1. The molecule has 1 aromatic heterocycles. The Hall–Kier alpha value is -0.380. The molecular formula is C9H13NOS. The molecule has 0 radical (unpaired) electrons. The molecule has 2 atom stereocenters. The lowest BCUT2D eigenvalue weighted by molar-refractivity contribution is 0.170. The van der Waals surface area contributed by atoms with Crippen LogP contribution in [-0.4, -0.2) is 5.11 Å². The summed E-state index contributed by atoms with van der Waals surface area (Å²) in [5, 5.41) is 11.7. The molecule has 1 heterocycles. The Labute approximate surface area is 76.0 Å². The van der Waals surface area contributed by atoms with Crippen LogP contribution in [0.2, 0.25) is 0 Å². The fraction of sp³-hybridized carbons (Fsp3) is 0.556. The average Bonchev–Trinajstić information content (AvgIpc) is 2.47. The molecule has 2 unspecified atom stereocenters. The molecule has 3 N–H and O–H groups in total. The van der Waals surface area contributed by atoms with E-state index in [2.05, 4.69) is 0 Å². The Morgan fingerprint density at radius 3 is 3.17 bits per heavy atom. The van der Waals surface area contributed by atoms with Crippen molar-refractivity contribution in [2.24, 2.45) is 5.73 Å². The molecule has 0 fully saturated rings. The van der Waals surface area contributed by atoms with Crippen molar-refractivity contribution >= 4 is 11.3 Å². The maximum Gasteiger partial charge on any atom is 0.0885 e. The molecule has 1 aliphatic carbocycles. The zero-order valence-electron chi connectivity index (χ0n) is 6.86. The number of hydrogen-bond donors (Lipinski definition) is 2. The van der Waals surface area contributed by atoms with Crippen molar-refractivity contribution in [2.75, 3.05) is 0 Å². The molecule has 0 aliphatic heterocycles. The lowest BCUT2D eigenvalue weighted by Crippen LogP contribution is -2.08. The van der Waals surface area contributed by atoms with Gasteiger partial charge in [0.2, 0.25) is 0 Å². The number of fused-ring (bicyclic) bond motifs is 1. The van der Waals surface area contributed by atoms with Crippen molar-refractivity contribution in [3.05, 3.63) is 21.9 Å². The Morgan fingerprint density at radius 2 is 2.33 bits per heavy atom. The topological polar surface area (TPSA) is 46.2 Å². The molecule has 0 bridgehead atoms. The smallest absolute Gasteiger partial charge is 0.0885 e. The fourth-order valence-corrected chi connectivity index (χ4v) is 2.72. The summed E-state index contributed by atoms with van der Waals surface area (Å²) in [6.45, 7) is 0. The maximum atomic E-state index is 9.70. The standard InChI is InChI=1S/C9H13NOS/c10-7-2-1-3-8(11)9-6(7)4-5-12-9/h4-5,7-8,11H,1-3,10H2. The molecule has 3 heteroatoms. The van der Waals surface area contributed by atoms with Crippen molar-refractivity contribution in [2.45, 2.75) is 31.4 Å². The van der Waals surface area contributed by atoms with Crippen LogP contribution in [0.25, 0.3) is 0 Å². The van der Waals surface area contributed by atoms with Gasteiger partial charge < -0.3 is 10.8 Å². The van der Waals surface area contributed by atoms with Gasteiger partial charge in [0.05, 0.1) is 6.10 Å². The van der Waals surface area contributed by atoms with Crippen LogP contribution in [0, 0.1) is 0 Å². The highest BCUT2D eigenvalue weighted by Gasteiger charge is 2.21. The summed E-state index contributed by atoms with van der Waals surface area (Å²) >= 11 is 1.62. The van der Waals surface area contributed by atoms with Crippen LogP contribution in [0.15, 0.2) is 11.4 Å². The second-order valence-electron chi connectivity index (χ2n) is 3.29. The van der Waals surface area contributed by atoms with E-state index in [-0.39, 0.29) is 12.1 Å². The van der Waals surface area contributed by atoms with Crippen LogP contribution in [0.1, 0.15) is 41.8 Å². The quantitative estimate of drug-likeness (QED) is 0.604. The van der Waals surface area contributed by atoms with Gasteiger partial charge in [0.25, 0.3) is 0 Å². The van der Waals surface area contributed by atoms with Crippen molar-refractivity contribution < 1.29 is 5.11 Å². The first-order valence-electron chi connectivity index (χ1n) is 4.30. The van der Waals surface area contributed by atoms with Crippen molar-refractivity contribution in [1.29, 1.82) is 0 Å². The van der Waals surface area contributed by atoms with E-state index in [1.807, 2.05) is 11.4 Å². The highest BCUT2D eigenvalue weighted by Crippen LogP contribution is 2.36. The monoisotopic (exact) mass is 183 g/mol. The van der Waals surface area contributed by atoms with Crippen molar-refractivity contribution in [1.82, 2.24) is 0 Å². The number of aliphatic hydroxyl groups is 1. The van der Waals surface area contributed by atoms with E-state index in [4.69, 9.17) is 5.73 Å². The summed E-state index contributed by atoms with van der Waals surface area (Å²) < 4.78 is 0. The first-order chi connectivity index (χ1) is 5.79. The normalized spacial score (nSPS) is 29.5. The van der Waals surface area contributed by atoms with E-state index in [0.717, 1.165) is 29.7 Å². The van der Waals surface area contributed by atoms with Crippen LogP contribution < -0.4 is 5.73 Å². The van der Waals surface area contributed by atoms with Gasteiger partial charge in [0.15, 0.2) is 0 Å². The minimum absolute atomic E-state index is 0.142. The van der Waals surface area contributed by atoms with E-state index < -0.39 is 0 Å². The van der Waals surface area contributed by atoms with Crippen LogP contribution in [0.4, 0.5) is 0 Å². The van der Waals surface area contributed by atoms with Gasteiger partial charge in [0.1, 0.15) is 0 Å². The molecule has 66 valence electrons. The maximum absolute atomic E-state index is 9.70. The third-order valence-corrected chi connectivity index (χ3v) is 3.46. The Kier molecular flexibility index (Phi) is 2.17. The third-order valence-electron chi connectivity index (χ3n) is 2.42. The molecule has 0 saturated heterocycles. The van der Waals surface area contributed by atoms with Crippen molar-refractivity contribution in [3.8, 4) is 0 Å². The van der Waals surface area contributed by atoms with E-state index in [1.54, 1.807) is 11.3 Å². The second-order valence-corrected chi connectivity index (χ2v) is 4.24. The summed E-state index contributed by atoms with van der Waals surface area (Å²) in [5.74, 6) is 0. The highest BCUT2D eigenvalue weighted by molar-refractivity contribution is 7.10. The molecule has 0 saturated carbocycles. The largest absolute Gasteiger partial charge is 0.388 e. The van der Waals surface area contributed by atoms with Gasteiger partial charge in [-0.3, -0.25) is 0 Å². The molecule has 1 aliphatic rings. The molecule has 1 aromatic rings. The predicted molar refractivity (Wildman–Crippen MR) is 50.1 cm³/mol. The van der Waals surface area contributed by atoms with Gasteiger partial charge in [0, 0.05) is 10.9 Å². The van der Waals surface area contributed by atoms with Crippen LogP contribution in [-0.2, 0) is 0 Å². The van der Waals surface area contributed by atoms with Gasteiger partial charge >= 0.3 is 0 Å². The van der Waals surface area contributed by atoms with E-state index >= 15 is 0 Å². The zero-order valence-corrected chi connectivity index (χ0v) is 7.68. The van der Waals surface area contributed by atoms with Gasteiger partial charge in [-0.1, -0.05) is 0 Å².